The number of aromatic nitrogens is 2. The van der Waals surface area contributed by atoms with Crippen molar-refractivity contribution in [1.82, 2.24) is 9.55 Å². The Labute approximate surface area is 99.8 Å². The van der Waals surface area contributed by atoms with Crippen LogP contribution >= 0.6 is 7.60 Å². The summed E-state index contributed by atoms with van der Waals surface area (Å²) in [6.07, 6.45) is 0. The molecule has 18 heavy (non-hydrogen) atoms. The van der Waals surface area contributed by atoms with Crippen LogP contribution in [-0.4, -0.2) is 19.3 Å². The van der Waals surface area contributed by atoms with Crippen LogP contribution in [0.3, 0.4) is 0 Å². The third-order valence-electron chi connectivity index (χ3n) is 2.43. The number of nitrogens with one attached hydrogen (secondary N) is 1. The molecule has 2 rings (SSSR count). The molecule has 0 amide bonds. The molecule has 2 aromatic rings. The van der Waals surface area contributed by atoms with E-state index in [1.165, 1.54) is 12.1 Å². The van der Waals surface area contributed by atoms with Gasteiger partial charge in [-0.1, -0.05) is 12.1 Å². The Morgan fingerprint density at radius 3 is 2.50 bits per heavy atom. The van der Waals surface area contributed by atoms with Gasteiger partial charge in [0.25, 0.3) is 0 Å². The highest BCUT2D eigenvalue weighted by Crippen LogP contribution is 2.44. The van der Waals surface area contributed by atoms with Gasteiger partial charge in [0.05, 0.1) is 11.0 Å². The third-order valence-corrected chi connectivity index (χ3v) is 3.35. The Hall–Kier alpha value is -1.73. The van der Waals surface area contributed by atoms with Gasteiger partial charge in [0.2, 0.25) is 0 Å². The summed E-state index contributed by atoms with van der Waals surface area (Å²) in [5.41, 5.74) is 3.68. The minimum Gasteiger partial charge on any atom is -0.322 e. The first-order valence-corrected chi connectivity index (χ1v) is 6.55. The van der Waals surface area contributed by atoms with Crippen LogP contribution < -0.4 is 16.9 Å². The average molecular weight is 271 g/mol. The predicted octanol–water partition coefficient (Wildman–Crippen LogP) is -0.718. The monoisotopic (exact) mass is 271 g/mol. The molecular formula is C9H10N3O5P. The molecule has 96 valence electrons. The number of hydrogen-bond donors (Lipinski definition) is 4. The zero-order valence-corrected chi connectivity index (χ0v) is 9.87. The van der Waals surface area contributed by atoms with E-state index in [-0.39, 0.29) is 11.0 Å². The topological polar surface area (TPSA) is 138 Å². The van der Waals surface area contributed by atoms with E-state index in [4.69, 9.17) is 15.5 Å². The van der Waals surface area contributed by atoms with E-state index in [9.17, 15) is 14.2 Å². The molecular weight excluding hydrogens is 261 g/mol. The van der Waals surface area contributed by atoms with Crippen LogP contribution in [0.15, 0.2) is 33.9 Å². The fourth-order valence-electron chi connectivity index (χ4n) is 1.60. The van der Waals surface area contributed by atoms with Gasteiger partial charge >= 0.3 is 18.7 Å². The maximum Gasteiger partial charge on any atom is 0.362 e. The number of nitrogens with two attached hydrogens (primary N) is 1. The number of para-hydroxylation sites is 2. The fourth-order valence-corrected chi connectivity index (χ4v) is 2.13. The molecule has 1 unspecified atom stereocenters. The summed E-state index contributed by atoms with van der Waals surface area (Å²) in [6.45, 7) is 0. The first-order chi connectivity index (χ1) is 8.32. The lowest BCUT2D eigenvalue weighted by Crippen LogP contribution is -2.40. The minimum atomic E-state index is -4.74. The highest BCUT2D eigenvalue weighted by atomic mass is 31.2. The van der Waals surface area contributed by atoms with Crippen LogP contribution in [0.4, 0.5) is 0 Å². The van der Waals surface area contributed by atoms with Gasteiger partial charge in [0.15, 0.2) is 5.91 Å². The standard InChI is InChI=1S/C9H10N3O5P/c10-9(18(15,16)17)12-6-4-2-1-3-5(6)11-7(13)8(12)14/h1-4,9H,10H2,(H,11,13)(H2,15,16,17). The molecule has 0 fully saturated rings. The molecule has 0 radical (unpaired) electrons. The predicted molar refractivity (Wildman–Crippen MR) is 64.1 cm³/mol. The van der Waals surface area contributed by atoms with Crippen LogP contribution in [-0.2, 0) is 4.57 Å². The van der Waals surface area contributed by atoms with E-state index in [1.807, 2.05) is 0 Å². The summed E-state index contributed by atoms with van der Waals surface area (Å²) in [6, 6.07) is 6.10. The lowest BCUT2D eigenvalue weighted by molar-refractivity contribution is 0.342. The molecule has 1 aromatic carbocycles. The number of rotatable bonds is 2. The smallest absolute Gasteiger partial charge is 0.322 e. The van der Waals surface area contributed by atoms with Crippen molar-refractivity contribution in [1.29, 1.82) is 0 Å². The number of nitrogens with zero attached hydrogens (tertiary/aromatic N) is 1. The van der Waals surface area contributed by atoms with Gasteiger partial charge in [-0.15, -0.1) is 0 Å². The molecule has 9 heteroatoms. The third kappa shape index (κ3) is 2.02. The van der Waals surface area contributed by atoms with E-state index in [0.717, 1.165) is 0 Å². The van der Waals surface area contributed by atoms with Gasteiger partial charge in [-0.25, -0.2) is 0 Å². The number of hydrogen-bond acceptors (Lipinski definition) is 4. The largest absolute Gasteiger partial charge is 0.362 e. The molecule has 0 aliphatic heterocycles. The van der Waals surface area contributed by atoms with E-state index in [2.05, 4.69) is 4.98 Å². The Balaban J connectivity index is 2.93. The lowest BCUT2D eigenvalue weighted by Gasteiger charge is -2.17. The van der Waals surface area contributed by atoms with Crippen molar-refractivity contribution in [3.05, 3.63) is 45.0 Å². The van der Waals surface area contributed by atoms with Crippen molar-refractivity contribution in [3.63, 3.8) is 0 Å². The molecule has 8 nitrogen and oxygen atoms in total. The van der Waals surface area contributed by atoms with Gasteiger partial charge in [-0.2, -0.15) is 0 Å². The highest BCUT2D eigenvalue weighted by molar-refractivity contribution is 7.51. The summed E-state index contributed by atoms with van der Waals surface area (Å²) in [4.78, 5) is 43.4. The molecule has 0 bridgehead atoms. The number of H-pyrrole nitrogens is 1. The molecule has 1 atom stereocenters. The summed E-state index contributed by atoms with van der Waals surface area (Å²) in [5.74, 6) is -1.89. The van der Waals surface area contributed by atoms with Crippen molar-refractivity contribution in [2.45, 2.75) is 5.91 Å². The van der Waals surface area contributed by atoms with Crippen molar-refractivity contribution >= 4 is 18.6 Å². The molecule has 1 aromatic heterocycles. The molecule has 0 saturated carbocycles. The van der Waals surface area contributed by atoms with Crippen molar-refractivity contribution in [2.75, 3.05) is 0 Å². The van der Waals surface area contributed by atoms with Gasteiger partial charge in [-0.3, -0.25) is 18.7 Å². The van der Waals surface area contributed by atoms with Gasteiger partial charge in [-0.05, 0) is 12.1 Å². The van der Waals surface area contributed by atoms with Crippen LogP contribution in [0.5, 0.6) is 0 Å². The lowest BCUT2D eigenvalue weighted by atomic mass is 10.3. The summed E-state index contributed by atoms with van der Waals surface area (Å²) in [7, 11) is -4.74. The molecule has 0 aliphatic carbocycles. The second kappa shape index (κ2) is 4.18. The first kappa shape index (κ1) is 12.7. The van der Waals surface area contributed by atoms with Crippen molar-refractivity contribution < 1.29 is 14.4 Å². The van der Waals surface area contributed by atoms with E-state index >= 15 is 0 Å². The molecule has 5 N–H and O–H groups in total. The fraction of sp³-hybridized carbons (Fsp3) is 0.111. The molecule has 1 heterocycles. The van der Waals surface area contributed by atoms with E-state index < -0.39 is 24.6 Å². The summed E-state index contributed by atoms with van der Waals surface area (Å²) in [5, 5.41) is 0. The normalized spacial score (nSPS) is 13.7. The summed E-state index contributed by atoms with van der Waals surface area (Å²) < 4.78 is 11.7. The molecule has 0 saturated heterocycles. The van der Waals surface area contributed by atoms with Gasteiger partial charge in [0, 0.05) is 0 Å². The van der Waals surface area contributed by atoms with Crippen LogP contribution in [0, 0.1) is 0 Å². The second-order valence-corrected chi connectivity index (χ2v) is 5.36. The quantitative estimate of drug-likeness (QED) is 0.420. The Kier molecular flexibility index (Phi) is 2.95. The van der Waals surface area contributed by atoms with E-state index in [1.54, 1.807) is 12.1 Å². The zero-order chi connectivity index (χ0) is 13.5. The van der Waals surface area contributed by atoms with Crippen LogP contribution in [0.2, 0.25) is 0 Å². The zero-order valence-electron chi connectivity index (χ0n) is 8.98. The van der Waals surface area contributed by atoms with Crippen molar-refractivity contribution in [3.8, 4) is 0 Å². The maximum atomic E-state index is 11.7. The number of benzene rings is 1. The maximum absolute atomic E-state index is 11.7. The minimum absolute atomic E-state index is 0.151. The van der Waals surface area contributed by atoms with Gasteiger partial charge < -0.3 is 20.5 Å². The Morgan fingerprint density at radius 2 is 1.89 bits per heavy atom. The van der Waals surface area contributed by atoms with Crippen LogP contribution in [0.25, 0.3) is 11.0 Å². The average Bonchev–Trinajstić information content (AvgIpc) is 2.29. The van der Waals surface area contributed by atoms with Crippen LogP contribution in [0.1, 0.15) is 5.91 Å². The first-order valence-electron chi connectivity index (χ1n) is 4.87. The SMILES string of the molecule is NC(n1c(=O)c(=O)[nH]c2ccccc21)P(=O)(O)O. The highest BCUT2D eigenvalue weighted by Gasteiger charge is 2.29. The Morgan fingerprint density at radius 1 is 1.28 bits per heavy atom. The van der Waals surface area contributed by atoms with E-state index in [0.29, 0.717) is 4.57 Å². The summed E-state index contributed by atoms with van der Waals surface area (Å²) >= 11 is 0. The van der Waals surface area contributed by atoms with Gasteiger partial charge in [0.1, 0.15) is 0 Å². The Bertz CT molecular complexity index is 759. The number of fused-ring (bicyclic) bond motifs is 1. The number of aromatic amines is 1. The second-order valence-electron chi connectivity index (χ2n) is 3.65. The van der Waals surface area contributed by atoms with Crippen molar-refractivity contribution in [2.24, 2.45) is 5.73 Å². The molecule has 0 spiro atoms. The molecule has 0 aliphatic rings.